The maximum atomic E-state index is 7.61. The number of rotatable bonds is 8. The molecular weight excluding hydrogens is 948 g/mol. The molecule has 15 rings (SSSR count). The average molecular weight is 1000 g/mol. The molecule has 0 bridgehead atoms. The first-order valence-electron chi connectivity index (χ1n) is 27.2. The topological polar surface area (TPSA) is 22.2 Å². The van der Waals surface area contributed by atoms with Crippen molar-refractivity contribution >= 4 is 107 Å². The molecule has 0 fully saturated rings. The van der Waals surface area contributed by atoms with Gasteiger partial charge >= 0.3 is 0 Å². The van der Waals surface area contributed by atoms with E-state index in [1.165, 1.54) is 60.6 Å². The highest BCUT2D eigenvalue weighted by Crippen LogP contribution is 2.56. The second kappa shape index (κ2) is 17.8. The van der Waals surface area contributed by atoms with Gasteiger partial charge in [-0.2, -0.15) is 0 Å². The number of fused-ring (bicyclic) bond motifs is 10. The lowest BCUT2D eigenvalue weighted by atomic mass is 9.33. The Morgan fingerprint density at radius 2 is 1.01 bits per heavy atom. The van der Waals surface area contributed by atoms with Gasteiger partial charge in [-0.3, -0.25) is 0 Å². The van der Waals surface area contributed by atoms with E-state index in [0.29, 0.717) is 0 Å². The number of anilines is 11. The third-order valence-electron chi connectivity index (χ3n) is 16.8. The van der Waals surface area contributed by atoms with Crippen molar-refractivity contribution in [3.05, 3.63) is 277 Å². The van der Waals surface area contributed by atoms with E-state index in [2.05, 4.69) is 302 Å². The summed E-state index contributed by atoms with van der Waals surface area (Å²) in [4.78, 5) is 9.80. The quantitative estimate of drug-likeness (QED) is 0.141. The third kappa shape index (κ3) is 7.24. The summed E-state index contributed by atoms with van der Waals surface area (Å²) in [7, 11) is 0. The zero-order valence-electron chi connectivity index (χ0n) is 44.1. The lowest BCUT2D eigenvalue weighted by Crippen LogP contribution is -2.59. The Bertz CT molecular complexity index is 4260. The maximum absolute atomic E-state index is 7.61. The van der Waals surface area contributed by atoms with E-state index < -0.39 is 0 Å². The Balaban J connectivity index is 0.954. The molecule has 2 unspecified atom stereocenters. The summed E-state index contributed by atoms with van der Waals surface area (Å²) in [6.45, 7) is 8.69. The molecule has 1 aliphatic carbocycles. The second-order valence-corrected chi connectivity index (χ2v) is 21.8. The average Bonchev–Trinajstić information content (AvgIpc) is 3.92. The van der Waals surface area contributed by atoms with Gasteiger partial charge in [0.15, 0.2) is 0 Å². The molecule has 0 N–H and O–H groups in total. The molecule has 78 heavy (non-hydrogen) atoms. The van der Waals surface area contributed by atoms with Crippen LogP contribution in [0.5, 0.6) is 11.5 Å². The van der Waals surface area contributed by atoms with Gasteiger partial charge in [0.2, 0.25) is 0 Å². The van der Waals surface area contributed by atoms with Crippen LogP contribution in [0.15, 0.2) is 255 Å². The van der Waals surface area contributed by atoms with Crippen LogP contribution in [0.4, 0.5) is 62.6 Å². The fraction of sp³-hybridized carbons (Fsp3) is 0.0833. The summed E-state index contributed by atoms with van der Waals surface area (Å²) in [5.74, 6) is 1.83. The molecule has 3 heterocycles. The summed E-state index contributed by atoms with van der Waals surface area (Å²) < 4.78 is 7.61. The van der Waals surface area contributed by atoms with Crippen molar-refractivity contribution in [2.24, 2.45) is 0 Å². The first-order valence-corrected chi connectivity index (χ1v) is 27.2. The highest BCUT2D eigenvalue weighted by atomic mass is 16.5. The Morgan fingerprint density at radius 1 is 0.436 bits per heavy atom. The van der Waals surface area contributed by atoms with Crippen molar-refractivity contribution in [3.8, 4) is 11.5 Å². The van der Waals surface area contributed by atoms with Crippen LogP contribution in [0.2, 0.25) is 0 Å². The van der Waals surface area contributed by atoms with E-state index in [1.54, 1.807) is 0 Å². The molecule has 0 saturated carbocycles. The number of allylic oxidation sites excluding steroid dienone is 2. The molecule has 11 aromatic carbocycles. The third-order valence-corrected chi connectivity index (χ3v) is 16.8. The molecule has 5 nitrogen and oxygen atoms in total. The van der Waals surface area contributed by atoms with Gasteiger partial charge in [0.1, 0.15) is 11.5 Å². The van der Waals surface area contributed by atoms with Crippen LogP contribution in [-0.4, -0.2) is 12.3 Å². The van der Waals surface area contributed by atoms with Crippen LogP contribution in [-0.2, 0) is 0 Å². The van der Waals surface area contributed by atoms with Gasteiger partial charge in [0.25, 0.3) is 6.71 Å². The minimum atomic E-state index is -0.269. The van der Waals surface area contributed by atoms with Crippen LogP contribution < -0.4 is 40.7 Å². The molecule has 0 amide bonds. The van der Waals surface area contributed by atoms with Crippen molar-refractivity contribution in [2.45, 2.75) is 39.2 Å². The van der Waals surface area contributed by atoms with Crippen molar-refractivity contribution in [3.63, 3.8) is 0 Å². The first kappa shape index (κ1) is 45.8. The zero-order chi connectivity index (χ0) is 52.2. The molecule has 0 saturated heterocycles. The van der Waals surface area contributed by atoms with E-state index in [0.717, 1.165) is 73.6 Å². The summed E-state index contributed by atoms with van der Waals surface area (Å²) in [5, 5.41) is 4.83. The van der Waals surface area contributed by atoms with Crippen LogP contribution in [0.1, 0.15) is 35.1 Å². The summed E-state index contributed by atoms with van der Waals surface area (Å²) in [5.41, 5.74) is 20.3. The standard InChI is InChI=1S/C72H55BN4O/c1-47-21-29-53(30-22-47)74(58-37-40-65-62(43-58)63-20-12-13-41-72(63,4)77(65)56-17-6-5-7-18-56)59-36-38-64-68(45-59)78-69-46-60(75(54-31-23-48(2)24-32-54)57-35-27-50-14-8-9-16-52(50)42-57)44-67-71(69)73(64)70-61-19-11-10-15-51(61)28-39-66(70)76(67)55-33-25-49(3)26-34-55/h5-46,63H,1-4H3. The van der Waals surface area contributed by atoms with E-state index in [4.69, 9.17) is 4.74 Å². The minimum absolute atomic E-state index is 0.140. The van der Waals surface area contributed by atoms with E-state index in [-0.39, 0.29) is 18.2 Å². The Kier molecular flexibility index (Phi) is 10.5. The van der Waals surface area contributed by atoms with E-state index in [1.807, 2.05) is 0 Å². The lowest BCUT2D eigenvalue weighted by molar-refractivity contribution is 0.488. The van der Waals surface area contributed by atoms with Crippen LogP contribution in [0.3, 0.4) is 0 Å². The van der Waals surface area contributed by atoms with Gasteiger partial charge in [0.05, 0.1) is 11.2 Å². The Hall–Kier alpha value is -9.52. The largest absolute Gasteiger partial charge is 0.458 e. The molecule has 0 aromatic heterocycles. The molecule has 4 aliphatic rings. The maximum Gasteiger partial charge on any atom is 0.257 e. The van der Waals surface area contributed by atoms with Crippen LogP contribution in [0, 0.1) is 20.8 Å². The number of hydrogen-bond donors (Lipinski definition) is 0. The summed E-state index contributed by atoms with van der Waals surface area (Å²) in [6.07, 6.45) is 9.15. The monoisotopic (exact) mass is 1000 g/mol. The zero-order valence-corrected chi connectivity index (χ0v) is 44.1. The normalized spacial score (nSPS) is 16.3. The van der Waals surface area contributed by atoms with E-state index >= 15 is 0 Å². The summed E-state index contributed by atoms with van der Waals surface area (Å²) in [6, 6.07) is 85.2. The molecular formula is C72H55BN4O. The molecule has 0 radical (unpaired) electrons. The predicted octanol–water partition coefficient (Wildman–Crippen LogP) is 17.4. The number of para-hydroxylation sites is 1. The molecule has 372 valence electrons. The van der Waals surface area contributed by atoms with Gasteiger partial charge < -0.3 is 24.3 Å². The molecule has 6 heteroatoms. The number of benzene rings is 11. The Labute approximate surface area is 456 Å². The molecule has 11 aromatic rings. The smallest absolute Gasteiger partial charge is 0.257 e. The first-order chi connectivity index (χ1) is 38.3. The van der Waals surface area contributed by atoms with Crippen molar-refractivity contribution in [1.82, 2.24) is 0 Å². The van der Waals surface area contributed by atoms with Crippen LogP contribution in [0.25, 0.3) is 21.5 Å². The van der Waals surface area contributed by atoms with E-state index in [9.17, 15) is 0 Å². The number of aryl methyl sites for hydroxylation is 3. The van der Waals surface area contributed by atoms with Gasteiger partial charge in [-0.25, -0.2) is 0 Å². The highest BCUT2D eigenvalue weighted by Gasteiger charge is 2.48. The van der Waals surface area contributed by atoms with Gasteiger partial charge in [-0.15, -0.1) is 0 Å². The fourth-order valence-electron chi connectivity index (χ4n) is 13.1. The highest BCUT2D eigenvalue weighted by molar-refractivity contribution is 7.00. The number of ether oxygens (including phenoxy) is 1. The van der Waals surface area contributed by atoms with Crippen molar-refractivity contribution < 1.29 is 4.74 Å². The summed E-state index contributed by atoms with van der Waals surface area (Å²) >= 11 is 0. The van der Waals surface area contributed by atoms with Crippen LogP contribution >= 0.6 is 0 Å². The minimum Gasteiger partial charge on any atom is -0.458 e. The molecule has 3 aliphatic heterocycles. The SMILES string of the molecule is Cc1ccc(N(c2ccc3c(c2)Oc2cc(N(c4ccc(C)cc4)c4ccc5ccccc5c4)cc4c2B3c2c(ccc3ccccc23)N4c2ccc(C)cc2)c2ccc3c(c2)C2C=CC=CC2(C)N3c2ccccc2)cc1. The van der Waals surface area contributed by atoms with Gasteiger partial charge in [-0.05, 0) is 168 Å². The lowest BCUT2D eigenvalue weighted by Gasteiger charge is -2.42. The second-order valence-electron chi connectivity index (χ2n) is 21.8. The van der Waals surface area contributed by atoms with Gasteiger partial charge in [-0.1, -0.05) is 162 Å². The molecule has 0 spiro atoms. The fourth-order valence-corrected chi connectivity index (χ4v) is 13.1. The predicted molar refractivity (Wildman–Crippen MR) is 329 cm³/mol. The number of hydrogen-bond acceptors (Lipinski definition) is 5. The van der Waals surface area contributed by atoms with Gasteiger partial charge in [0, 0.05) is 74.9 Å². The van der Waals surface area contributed by atoms with Crippen molar-refractivity contribution in [2.75, 3.05) is 19.6 Å². The Morgan fingerprint density at radius 3 is 1.77 bits per heavy atom. The number of nitrogens with zero attached hydrogens (tertiary/aromatic N) is 4. The molecule has 2 atom stereocenters. The van der Waals surface area contributed by atoms with Crippen molar-refractivity contribution in [1.29, 1.82) is 0 Å².